The van der Waals surface area contributed by atoms with Crippen molar-refractivity contribution in [2.45, 2.75) is 13.0 Å². The molecule has 0 saturated carbocycles. The lowest BCUT2D eigenvalue weighted by molar-refractivity contribution is 0.414. The molecule has 0 aliphatic heterocycles. The molecule has 2 aromatic rings. The molecule has 2 aromatic carbocycles. The van der Waals surface area contributed by atoms with Crippen molar-refractivity contribution in [2.75, 3.05) is 19.1 Å². The van der Waals surface area contributed by atoms with Gasteiger partial charge in [0.15, 0.2) is 0 Å². The number of aromatic hydroxyl groups is 1. The third kappa shape index (κ3) is 3.07. The molecule has 0 radical (unpaired) electrons. The maximum Gasteiger partial charge on any atom is 0.120 e. The molecule has 1 unspecified atom stereocenters. The molecule has 0 saturated heterocycles. The predicted molar refractivity (Wildman–Crippen MR) is 85.6 cm³/mol. The molecule has 1 N–H and O–H groups in total. The summed E-state index contributed by atoms with van der Waals surface area (Å²) in [5.74, 6) is 1.12. The predicted octanol–water partition coefficient (Wildman–Crippen LogP) is 4.36. The Morgan fingerprint density at radius 3 is 2.65 bits per heavy atom. The number of phenols is 1. The van der Waals surface area contributed by atoms with E-state index < -0.39 is 0 Å². The Hall–Kier alpha value is -1.68. The van der Waals surface area contributed by atoms with Gasteiger partial charge in [0.05, 0.1) is 13.2 Å². The number of nitrogens with zero attached hydrogens (tertiary/aromatic N) is 1. The Morgan fingerprint density at radius 2 is 1.95 bits per heavy atom. The first kappa shape index (κ1) is 14.7. The maximum atomic E-state index is 10.0. The molecule has 0 amide bonds. The normalized spacial score (nSPS) is 12.0. The van der Waals surface area contributed by atoms with Gasteiger partial charge in [0, 0.05) is 28.8 Å². The Labute approximate surface area is 127 Å². The van der Waals surface area contributed by atoms with Crippen molar-refractivity contribution in [1.82, 2.24) is 0 Å². The highest BCUT2D eigenvalue weighted by atomic mass is 79.9. The molecule has 0 aliphatic carbocycles. The SMILES string of the molecule is COc1cccc(N(C)C(C)c2cc(Br)ccc2O)c1. The number of hydrogen-bond donors (Lipinski definition) is 1. The number of phenolic OH excluding ortho intramolecular Hbond substituents is 1. The second kappa shape index (κ2) is 6.18. The lowest BCUT2D eigenvalue weighted by atomic mass is 10.1. The Morgan fingerprint density at radius 1 is 1.20 bits per heavy atom. The van der Waals surface area contributed by atoms with Gasteiger partial charge in [0.2, 0.25) is 0 Å². The number of benzene rings is 2. The molecule has 0 heterocycles. The molecule has 106 valence electrons. The van der Waals surface area contributed by atoms with E-state index in [1.807, 2.05) is 43.4 Å². The van der Waals surface area contributed by atoms with Crippen molar-refractivity contribution in [3.63, 3.8) is 0 Å². The minimum atomic E-state index is 0.0413. The summed E-state index contributed by atoms with van der Waals surface area (Å²) in [5, 5.41) is 10.0. The lowest BCUT2D eigenvalue weighted by Crippen LogP contribution is -2.21. The molecule has 0 aromatic heterocycles. The van der Waals surface area contributed by atoms with E-state index in [0.29, 0.717) is 5.75 Å². The monoisotopic (exact) mass is 335 g/mol. The minimum Gasteiger partial charge on any atom is -0.508 e. The minimum absolute atomic E-state index is 0.0413. The molecular formula is C16H18BrNO2. The van der Waals surface area contributed by atoms with Gasteiger partial charge in [0.25, 0.3) is 0 Å². The first-order valence-corrected chi connectivity index (χ1v) is 7.17. The summed E-state index contributed by atoms with van der Waals surface area (Å²) in [4.78, 5) is 2.10. The first-order chi connectivity index (χ1) is 9.52. The number of hydrogen-bond acceptors (Lipinski definition) is 3. The summed E-state index contributed by atoms with van der Waals surface area (Å²) in [6, 6.07) is 13.4. The summed E-state index contributed by atoms with van der Waals surface area (Å²) in [5.41, 5.74) is 1.92. The van der Waals surface area contributed by atoms with Crippen LogP contribution in [0.2, 0.25) is 0 Å². The van der Waals surface area contributed by atoms with Gasteiger partial charge in [-0.3, -0.25) is 0 Å². The van der Waals surface area contributed by atoms with Crippen molar-refractivity contribution in [2.24, 2.45) is 0 Å². The highest BCUT2D eigenvalue weighted by molar-refractivity contribution is 9.10. The van der Waals surface area contributed by atoms with Gasteiger partial charge >= 0.3 is 0 Å². The van der Waals surface area contributed by atoms with Crippen molar-refractivity contribution in [3.8, 4) is 11.5 Å². The van der Waals surface area contributed by atoms with Gasteiger partial charge in [-0.1, -0.05) is 22.0 Å². The van der Waals surface area contributed by atoms with E-state index in [9.17, 15) is 5.11 Å². The number of rotatable bonds is 4. The van der Waals surface area contributed by atoms with Crippen LogP contribution in [0.25, 0.3) is 0 Å². The third-order valence-electron chi connectivity index (χ3n) is 3.48. The van der Waals surface area contributed by atoms with Crippen LogP contribution < -0.4 is 9.64 Å². The van der Waals surface area contributed by atoms with E-state index in [2.05, 4.69) is 27.8 Å². The fraction of sp³-hybridized carbons (Fsp3) is 0.250. The van der Waals surface area contributed by atoms with Crippen LogP contribution in [0.3, 0.4) is 0 Å². The molecule has 2 rings (SSSR count). The zero-order valence-electron chi connectivity index (χ0n) is 11.8. The Kier molecular flexibility index (Phi) is 4.55. The van der Waals surface area contributed by atoms with Crippen LogP contribution in [0.15, 0.2) is 46.9 Å². The molecule has 3 nitrogen and oxygen atoms in total. The molecule has 0 spiro atoms. The zero-order valence-corrected chi connectivity index (χ0v) is 13.4. The summed E-state index contributed by atoms with van der Waals surface area (Å²) in [6.45, 7) is 2.06. The van der Waals surface area contributed by atoms with Crippen molar-refractivity contribution in [1.29, 1.82) is 0 Å². The maximum absolute atomic E-state index is 10.0. The van der Waals surface area contributed by atoms with Crippen molar-refractivity contribution >= 4 is 21.6 Å². The number of halogens is 1. The third-order valence-corrected chi connectivity index (χ3v) is 3.97. The number of methoxy groups -OCH3 is 1. The van der Waals surface area contributed by atoms with Gasteiger partial charge in [0.1, 0.15) is 11.5 Å². The van der Waals surface area contributed by atoms with Crippen LogP contribution in [0.5, 0.6) is 11.5 Å². The van der Waals surface area contributed by atoms with Gasteiger partial charge in [-0.15, -0.1) is 0 Å². The van der Waals surface area contributed by atoms with Crippen LogP contribution in [0, 0.1) is 0 Å². The highest BCUT2D eigenvalue weighted by Gasteiger charge is 2.16. The average molecular weight is 336 g/mol. The van der Waals surface area contributed by atoms with Gasteiger partial charge in [-0.25, -0.2) is 0 Å². The molecule has 4 heteroatoms. The van der Waals surface area contributed by atoms with Gasteiger partial charge < -0.3 is 14.7 Å². The molecular weight excluding hydrogens is 318 g/mol. The van der Waals surface area contributed by atoms with E-state index in [-0.39, 0.29) is 6.04 Å². The quantitative estimate of drug-likeness (QED) is 0.900. The molecule has 1 atom stereocenters. The van der Waals surface area contributed by atoms with E-state index in [0.717, 1.165) is 21.5 Å². The Balaban J connectivity index is 2.31. The zero-order chi connectivity index (χ0) is 14.7. The van der Waals surface area contributed by atoms with Crippen LogP contribution in [0.4, 0.5) is 5.69 Å². The Bertz CT molecular complexity index is 601. The average Bonchev–Trinajstić information content (AvgIpc) is 2.48. The molecule has 0 bridgehead atoms. The summed E-state index contributed by atoms with van der Waals surface area (Å²) >= 11 is 3.44. The molecule has 20 heavy (non-hydrogen) atoms. The summed E-state index contributed by atoms with van der Waals surface area (Å²) in [6.07, 6.45) is 0. The second-order valence-corrected chi connectivity index (χ2v) is 5.61. The van der Waals surface area contributed by atoms with Crippen LogP contribution in [-0.2, 0) is 0 Å². The van der Waals surface area contributed by atoms with Crippen LogP contribution in [0.1, 0.15) is 18.5 Å². The molecule has 0 fully saturated rings. The number of anilines is 1. The van der Waals surface area contributed by atoms with Gasteiger partial charge in [-0.2, -0.15) is 0 Å². The van der Waals surface area contributed by atoms with E-state index in [4.69, 9.17) is 4.74 Å². The van der Waals surface area contributed by atoms with Gasteiger partial charge in [-0.05, 0) is 37.3 Å². The fourth-order valence-electron chi connectivity index (χ4n) is 2.12. The lowest BCUT2D eigenvalue weighted by Gasteiger charge is -2.28. The van der Waals surface area contributed by atoms with Crippen molar-refractivity contribution < 1.29 is 9.84 Å². The van der Waals surface area contributed by atoms with E-state index in [1.165, 1.54) is 0 Å². The second-order valence-electron chi connectivity index (χ2n) is 4.69. The summed E-state index contributed by atoms with van der Waals surface area (Å²) < 4.78 is 6.20. The first-order valence-electron chi connectivity index (χ1n) is 6.38. The van der Waals surface area contributed by atoms with Crippen LogP contribution in [-0.4, -0.2) is 19.3 Å². The topological polar surface area (TPSA) is 32.7 Å². The largest absolute Gasteiger partial charge is 0.508 e. The molecule has 0 aliphatic rings. The summed E-state index contributed by atoms with van der Waals surface area (Å²) in [7, 11) is 3.66. The smallest absolute Gasteiger partial charge is 0.120 e. The van der Waals surface area contributed by atoms with Crippen molar-refractivity contribution in [3.05, 3.63) is 52.5 Å². The van der Waals surface area contributed by atoms with E-state index >= 15 is 0 Å². The van der Waals surface area contributed by atoms with E-state index in [1.54, 1.807) is 13.2 Å². The fourth-order valence-corrected chi connectivity index (χ4v) is 2.50. The highest BCUT2D eigenvalue weighted by Crippen LogP contribution is 2.33. The standard InChI is InChI=1S/C16H18BrNO2/c1-11(15-9-12(17)7-8-16(15)19)18(2)13-5-4-6-14(10-13)20-3/h4-11,19H,1-3H3. The van der Waals surface area contributed by atoms with Crippen LogP contribution >= 0.6 is 15.9 Å². The number of ether oxygens (including phenoxy) is 1.